The van der Waals surface area contributed by atoms with Gasteiger partial charge in [0.25, 0.3) is 0 Å². The standard InChI is InChI=1S/C8H12N2O3/c1-6(12-2)8(11)9-5-7-3-4-10-13-7/h3-4,6H,5H2,1-2H3,(H,9,11). The van der Waals surface area contributed by atoms with Gasteiger partial charge in [-0.1, -0.05) is 5.16 Å². The Hall–Kier alpha value is -1.36. The highest BCUT2D eigenvalue weighted by molar-refractivity contribution is 5.80. The molecule has 1 N–H and O–H groups in total. The molecule has 72 valence electrons. The van der Waals surface area contributed by atoms with Gasteiger partial charge in [0.15, 0.2) is 5.76 Å². The quantitative estimate of drug-likeness (QED) is 0.732. The number of hydrogen-bond donors (Lipinski definition) is 1. The van der Waals surface area contributed by atoms with E-state index in [1.807, 2.05) is 0 Å². The summed E-state index contributed by atoms with van der Waals surface area (Å²) < 4.78 is 9.62. The summed E-state index contributed by atoms with van der Waals surface area (Å²) in [5, 5.41) is 6.15. The van der Waals surface area contributed by atoms with Crippen LogP contribution in [-0.4, -0.2) is 24.3 Å². The van der Waals surface area contributed by atoms with E-state index in [1.54, 1.807) is 13.0 Å². The second-order valence-corrected chi connectivity index (χ2v) is 2.57. The Bertz CT molecular complexity index is 258. The molecule has 1 unspecified atom stereocenters. The smallest absolute Gasteiger partial charge is 0.249 e. The van der Waals surface area contributed by atoms with Gasteiger partial charge in [0, 0.05) is 13.2 Å². The van der Waals surface area contributed by atoms with E-state index in [0.29, 0.717) is 12.3 Å². The average Bonchev–Trinajstić information content (AvgIpc) is 2.65. The predicted octanol–water partition coefficient (Wildman–Crippen LogP) is 0.326. The van der Waals surface area contributed by atoms with Crippen LogP contribution < -0.4 is 5.32 Å². The normalized spacial score (nSPS) is 12.5. The van der Waals surface area contributed by atoms with Crippen LogP contribution in [0.4, 0.5) is 0 Å². The molecule has 1 aromatic heterocycles. The molecule has 13 heavy (non-hydrogen) atoms. The summed E-state index contributed by atoms with van der Waals surface area (Å²) in [6, 6.07) is 1.69. The molecule has 0 fully saturated rings. The highest BCUT2D eigenvalue weighted by Crippen LogP contribution is 1.96. The van der Waals surface area contributed by atoms with Crippen molar-refractivity contribution in [3.05, 3.63) is 18.0 Å². The third-order valence-corrected chi connectivity index (χ3v) is 1.65. The first-order valence-electron chi connectivity index (χ1n) is 3.94. The van der Waals surface area contributed by atoms with Gasteiger partial charge in [0.2, 0.25) is 5.91 Å². The number of nitrogens with one attached hydrogen (secondary N) is 1. The van der Waals surface area contributed by atoms with Crippen molar-refractivity contribution in [3.63, 3.8) is 0 Å². The molecule has 1 heterocycles. The zero-order chi connectivity index (χ0) is 9.68. The second-order valence-electron chi connectivity index (χ2n) is 2.57. The van der Waals surface area contributed by atoms with Crippen LogP contribution in [0.3, 0.4) is 0 Å². The molecule has 0 radical (unpaired) electrons. The van der Waals surface area contributed by atoms with Crippen LogP contribution in [0.25, 0.3) is 0 Å². The van der Waals surface area contributed by atoms with Crippen molar-refractivity contribution >= 4 is 5.91 Å². The maximum Gasteiger partial charge on any atom is 0.249 e. The molecule has 0 saturated carbocycles. The highest BCUT2D eigenvalue weighted by Gasteiger charge is 2.10. The molecule has 0 saturated heterocycles. The maximum absolute atomic E-state index is 11.2. The van der Waals surface area contributed by atoms with Crippen LogP contribution in [0.1, 0.15) is 12.7 Å². The van der Waals surface area contributed by atoms with E-state index in [4.69, 9.17) is 9.26 Å². The van der Waals surface area contributed by atoms with Gasteiger partial charge in [-0.05, 0) is 6.92 Å². The third-order valence-electron chi connectivity index (χ3n) is 1.65. The minimum atomic E-state index is -0.442. The Kier molecular flexibility index (Phi) is 3.45. The van der Waals surface area contributed by atoms with Crippen molar-refractivity contribution in [2.45, 2.75) is 19.6 Å². The summed E-state index contributed by atoms with van der Waals surface area (Å²) in [5.74, 6) is 0.454. The molecular formula is C8H12N2O3. The predicted molar refractivity (Wildman–Crippen MR) is 44.8 cm³/mol. The van der Waals surface area contributed by atoms with Crippen molar-refractivity contribution in [2.75, 3.05) is 7.11 Å². The van der Waals surface area contributed by atoms with Crippen LogP contribution in [0, 0.1) is 0 Å². The van der Waals surface area contributed by atoms with Crippen LogP contribution in [0.5, 0.6) is 0 Å². The van der Waals surface area contributed by atoms with Crippen LogP contribution in [-0.2, 0) is 16.1 Å². The molecule has 0 aromatic carbocycles. The lowest BCUT2D eigenvalue weighted by Crippen LogP contribution is -2.33. The Balaban J connectivity index is 2.31. The Morgan fingerprint density at radius 1 is 1.85 bits per heavy atom. The first kappa shape index (κ1) is 9.73. The molecule has 1 atom stereocenters. The molecule has 0 aliphatic carbocycles. The molecule has 0 aliphatic rings. The summed E-state index contributed by atoms with van der Waals surface area (Å²) in [6.07, 6.45) is 1.09. The third kappa shape index (κ3) is 2.87. The molecule has 1 amide bonds. The molecule has 5 heteroatoms. The fraction of sp³-hybridized carbons (Fsp3) is 0.500. The molecule has 5 nitrogen and oxygen atoms in total. The number of methoxy groups -OCH3 is 1. The molecule has 0 bridgehead atoms. The van der Waals surface area contributed by atoms with Crippen LogP contribution in [0.15, 0.2) is 16.8 Å². The lowest BCUT2D eigenvalue weighted by molar-refractivity contribution is -0.130. The summed E-state index contributed by atoms with van der Waals surface area (Å²) in [6.45, 7) is 2.02. The number of amides is 1. The first-order valence-corrected chi connectivity index (χ1v) is 3.94. The first-order chi connectivity index (χ1) is 6.24. The number of nitrogens with zero attached hydrogens (tertiary/aromatic N) is 1. The van der Waals surface area contributed by atoms with Gasteiger partial charge < -0.3 is 14.6 Å². The maximum atomic E-state index is 11.2. The Morgan fingerprint density at radius 3 is 3.15 bits per heavy atom. The lowest BCUT2D eigenvalue weighted by Gasteiger charge is -2.08. The number of rotatable bonds is 4. The molecule has 1 aromatic rings. The van der Waals surface area contributed by atoms with Crippen molar-refractivity contribution in [2.24, 2.45) is 0 Å². The zero-order valence-electron chi connectivity index (χ0n) is 7.61. The SMILES string of the molecule is COC(C)C(=O)NCc1ccno1. The second kappa shape index (κ2) is 4.61. The topological polar surface area (TPSA) is 64.4 Å². The number of carbonyl (C=O) groups excluding carboxylic acids is 1. The van der Waals surface area contributed by atoms with Gasteiger partial charge in [0.05, 0.1) is 12.7 Å². The largest absolute Gasteiger partial charge is 0.372 e. The minimum Gasteiger partial charge on any atom is -0.372 e. The number of carbonyl (C=O) groups is 1. The summed E-state index contributed by atoms with van der Waals surface area (Å²) >= 11 is 0. The monoisotopic (exact) mass is 184 g/mol. The number of hydrogen-bond acceptors (Lipinski definition) is 4. The van der Waals surface area contributed by atoms with E-state index < -0.39 is 6.10 Å². The summed E-state index contributed by atoms with van der Waals surface area (Å²) in [5.41, 5.74) is 0. The van der Waals surface area contributed by atoms with E-state index in [2.05, 4.69) is 10.5 Å². The van der Waals surface area contributed by atoms with Crippen molar-refractivity contribution in [3.8, 4) is 0 Å². The fourth-order valence-electron chi connectivity index (χ4n) is 0.758. The molecule has 1 rings (SSSR count). The van der Waals surface area contributed by atoms with Crippen LogP contribution >= 0.6 is 0 Å². The van der Waals surface area contributed by atoms with Gasteiger partial charge in [0.1, 0.15) is 6.10 Å². The summed E-state index contributed by atoms with van der Waals surface area (Å²) in [4.78, 5) is 11.2. The fourth-order valence-corrected chi connectivity index (χ4v) is 0.758. The molecule has 0 aliphatic heterocycles. The minimum absolute atomic E-state index is 0.168. The molecular weight excluding hydrogens is 172 g/mol. The van der Waals surface area contributed by atoms with Gasteiger partial charge in [-0.2, -0.15) is 0 Å². The van der Waals surface area contributed by atoms with E-state index >= 15 is 0 Å². The van der Waals surface area contributed by atoms with E-state index in [0.717, 1.165) is 0 Å². The van der Waals surface area contributed by atoms with E-state index in [-0.39, 0.29) is 5.91 Å². The van der Waals surface area contributed by atoms with E-state index in [9.17, 15) is 4.79 Å². The van der Waals surface area contributed by atoms with Gasteiger partial charge in [-0.25, -0.2) is 0 Å². The van der Waals surface area contributed by atoms with Crippen molar-refractivity contribution < 1.29 is 14.1 Å². The van der Waals surface area contributed by atoms with Crippen molar-refractivity contribution in [1.82, 2.24) is 10.5 Å². The Morgan fingerprint density at radius 2 is 2.62 bits per heavy atom. The van der Waals surface area contributed by atoms with Gasteiger partial charge >= 0.3 is 0 Å². The van der Waals surface area contributed by atoms with E-state index in [1.165, 1.54) is 13.3 Å². The van der Waals surface area contributed by atoms with Gasteiger partial charge in [-0.15, -0.1) is 0 Å². The summed E-state index contributed by atoms with van der Waals surface area (Å²) in [7, 11) is 1.48. The lowest BCUT2D eigenvalue weighted by atomic mass is 10.3. The Labute approximate surface area is 76.0 Å². The van der Waals surface area contributed by atoms with Gasteiger partial charge in [-0.3, -0.25) is 4.79 Å². The van der Waals surface area contributed by atoms with Crippen molar-refractivity contribution in [1.29, 1.82) is 0 Å². The average molecular weight is 184 g/mol. The number of ether oxygens (including phenoxy) is 1. The van der Waals surface area contributed by atoms with Crippen LogP contribution in [0.2, 0.25) is 0 Å². The highest BCUT2D eigenvalue weighted by atomic mass is 16.5. The zero-order valence-corrected chi connectivity index (χ0v) is 7.61. The number of aromatic nitrogens is 1. The molecule has 0 spiro atoms.